The molecule has 0 atom stereocenters. The Morgan fingerprint density at radius 3 is 2.45 bits per heavy atom. The SMILES string of the molecule is COc1cccc(/C=N\Nc2ccc([N+](=O)[O-])cc2)c1OCc1ccc(C(=O)O)cc1. The minimum Gasteiger partial charge on any atom is -0.493 e. The summed E-state index contributed by atoms with van der Waals surface area (Å²) in [6.45, 7) is 0.205. The summed E-state index contributed by atoms with van der Waals surface area (Å²) in [4.78, 5) is 21.2. The Kier molecular flexibility index (Phi) is 6.79. The number of nitrogens with zero attached hydrogens (tertiary/aromatic N) is 2. The number of aromatic carboxylic acids is 1. The van der Waals surface area contributed by atoms with E-state index in [1.807, 2.05) is 0 Å². The highest BCUT2D eigenvalue weighted by Crippen LogP contribution is 2.31. The van der Waals surface area contributed by atoms with Crippen molar-refractivity contribution >= 4 is 23.6 Å². The van der Waals surface area contributed by atoms with Crippen LogP contribution in [0.2, 0.25) is 0 Å². The molecule has 0 aliphatic carbocycles. The van der Waals surface area contributed by atoms with Gasteiger partial charge in [0, 0.05) is 17.7 Å². The number of non-ortho nitro benzene ring substituents is 1. The van der Waals surface area contributed by atoms with Crippen molar-refractivity contribution in [2.45, 2.75) is 6.61 Å². The van der Waals surface area contributed by atoms with Gasteiger partial charge >= 0.3 is 5.97 Å². The summed E-state index contributed by atoms with van der Waals surface area (Å²) >= 11 is 0. The topological polar surface area (TPSA) is 123 Å². The molecule has 0 saturated heterocycles. The number of hydrogen-bond acceptors (Lipinski definition) is 7. The maximum atomic E-state index is 11.0. The molecule has 0 unspecified atom stereocenters. The van der Waals surface area contributed by atoms with E-state index in [0.717, 1.165) is 5.56 Å². The molecule has 0 fully saturated rings. The first kappa shape index (κ1) is 21.3. The number of carbonyl (C=O) groups is 1. The van der Waals surface area contributed by atoms with Crippen molar-refractivity contribution in [2.75, 3.05) is 12.5 Å². The van der Waals surface area contributed by atoms with Crippen molar-refractivity contribution in [1.29, 1.82) is 0 Å². The van der Waals surface area contributed by atoms with Crippen LogP contribution in [0.5, 0.6) is 11.5 Å². The molecule has 3 aromatic rings. The second kappa shape index (κ2) is 9.88. The summed E-state index contributed by atoms with van der Waals surface area (Å²) in [6, 6.07) is 17.6. The van der Waals surface area contributed by atoms with Crippen molar-refractivity contribution in [1.82, 2.24) is 0 Å². The molecule has 9 nitrogen and oxygen atoms in total. The molecule has 2 N–H and O–H groups in total. The molecule has 0 spiro atoms. The lowest BCUT2D eigenvalue weighted by Gasteiger charge is -2.13. The smallest absolute Gasteiger partial charge is 0.335 e. The molecule has 0 aliphatic rings. The summed E-state index contributed by atoms with van der Waals surface area (Å²) in [5, 5.41) is 23.9. The van der Waals surface area contributed by atoms with Crippen molar-refractivity contribution in [3.05, 3.63) is 93.5 Å². The maximum Gasteiger partial charge on any atom is 0.335 e. The predicted molar refractivity (Wildman–Crippen MR) is 115 cm³/mol. The molecular weight excluding hydrogens is 402 g/mol. The standard InChI is InChI=1S/C22H19N3O6/c1-30-20-4-2-3-17(13-23-24-18-9-11-19(12-10-18)25(28)29)21(20)31-14-15-5-7-16(8-6-15)22(26)27/h2-13,24H,14H2,1H3,(H,26,27)/b23-13-. The van der Waals surface area contributed by atoms with Gasteiger partial charge in [0.2, 0.25) is 0 Å². The molecule has 158 valence electrons. The Bertz CT molecular complexity index is 1100. The van der Waals surface area contributed by atoms with E-state index < -0.39 is 10.9 Å². The highest BCUT2D eigenvalue weighted by molar-refractivity contribution is 5.87. The Hall–Kier alpha value is -4.40. The van der Waals surface area contributed by atoms with Gasteiger partial charge in [-0.25, -0.2) is 4.79 Å². The fraction of sp³-hybridized carbons (Fsp3) is 0.0909. The third-order valence-corrected chi connectivity index (χ3v) is 4.29. The van der Waals surface area contributed by atoms with E-state index in [-0.39, 0.29) is 17.9 Å². The molecule has 31 heavy (non-hydrogen) atoms. The molecular formula is C22H19N3O6. The van der Waals surface area contributed by atoms with E-state index in [1.165, 1.54) is 31.4 Å². The highest BCUT2D eigenvalue weighted by Gasteiger charge is 2.10. The quantitative estimate of drug-likeness (QED) is 0.299. The van der Waals surface area contributed by atoms with Crippen molar-refractivity contribution in [3.8, 4) is 11.5 Å². The largest absolute Gasteiger partial charge is 0.493 e. The first-order valence-electron chi connectivity index (χ1n) is 9.13. The Morgan fingerprint density at radius 2 is 1.84 bits per heavy atom. The lowest BCUT2D eigenvalue weighted by Crippen LogP contribution is -2.02. The molecule has 0 saturated carbocycles. The number of carboxylic acid groups (broad SMARTS) is 1. The zero-order valence-electron chi connectivity index (χ0n) is 16.5. The zero-order valence-corrected chi connectivity index (χ0v) is 16.5. The number of rotatable bonds is 9. The van der Waals surface area contributed by atoms with Crippen molar-refractivity contribution in [3.63, 3.8) is 0 Å². The van der Waals surface area contributed by atoms with Gasteiger partial charge in [-0.2, -0.15) is 5.10 Å². The number of benzene rings is 3. The van der Waals surface area contributed by atoms with E-state index in [0.29, 0.717) is 22.7 Å². The zero-order chi connectivity index (χ0) is 22.2. The number of hydrazone groups is 1. The first-order chi connectivity index (χ1) is 15.0. The number of carboxylic acids is 1. The van der Waals surface area contributed by atoms with E-state index in [1.54, 1.807) is 48.7 Å². The van der Waals surface area contributed by atoms with E-state index in [4.69, 9.17) is 14.6 Å². The second-order valence-corrected chi connectivity index (χ2v) is 6.34. The van der Waals surface area contributed by atoms with Crippen LogP contribution in [0.1, 0.15) is 21.5 Å². The van der Waals surface area contributed by atoms with Crippen LogP contribution in [0.25, 0.3) is 0 Å². The fourth-order valence-electron chi connectivity index (χ4n) is 2.68. The van der Waals surface area contributed by atoms with Gasteiger partial charge in [0.15, 0.2) is 11.5 Å². The number of ether oxygens (including phenoxy) is 2. The van der Waals surface area contributed by atoms with Gasteiger partial charge in [-0.3, -0.25) is 15.5 Å². The Labute approximate surface area is 177 Å². The molecule has 3 rings (SSSR count). The summed E-state index contributed by atoms with van der Waals surface area (Å²) in [5.41, 5.74) is 5.04. The van der Waals surface area contributed by atoms with Gasteiger partial charge in [0.05, 0.1) is 29.5 Å². The van der Waals surface area contributed by atoms with Gasteiger partial charge in [-0.1, -0.05) is 18.2 Å². The lowest BCUT2D eigenvalue weighted by atomic mass is 10.1. The number of nitrogens with one attached hydrogen (secondary N) is 1. The van der Waals surface area contributed by atoms with Crippen LogP contribution in [0.3, 0.4) is 0 Å². The molecule has 0 aliphatic heterocycles. The van der Waals surface area contributed by atoms with Crippen molar-refractivity contribution in [2.24, 2.45) is 5.10 Å². The van der Waals surface area contributed by atoms with Crippen molar-refractivity contribution < 1.29 is 24.3 Å². The van der Waals surface area contributed by atoms with Crippen LogP contribution in [0.4, 0.5) is 11.4 Å². The molecule has 0 bridgehead atoms. The summed E-state index contributed by atoms with van der Waals surface area (Å²) in [7, 11) is 1.53. The monoisotopic (exact) mass is 421 g/mol. The highest BCUT2D eigenvalue weighted by atomic mass is 16.6. The number of nitro benzene ring substituents is 1. The molecule has 0 heterocycles. The van der Waals surface area contributed by atoms with Crippen LogP contribution >= 0.6 is 0 Å². The fourth-order valence-corrected chi connectivity index (χ4v) is 2.68. The minimum atomic E-state index is -0.990. The third-order valence-electron chi connectivity index (χ3n) is 4.29. The van der Waals surface area contributed by atoms with Gasteiger partial charge in [-0.15, -0.1) is 0 Å². The van der Waals surface area contributed by atoms with Gasteiger partial charge < -0.3 is 14.6 Å². The maximum absolute atomic E-state index is 11.0. The van der Waals surface area contributed by atoms with Crippen LogP contribution < -0.4 is 14.9 Å². The van der Waals surface area contributed by atoms with Gasteiger partial charge in [-0.05, 0) is 42.0 Å². The van der Waals surface area contributed by atoms with Crippen LogP contribution in [0, 0.1) is 10.1 Å². The summed E-state index contributed by atoms with van der Waals surface area (Å²) in [5.74, 6) is -0.000724. The van der Waals surface area contributed by atoms with Gasteiger partial charge in [0.1, 0.15) is 6.61 Å². The van der Waals surface area contributed by atoms with E-state index >= 15 is 0 Å². The number of methoxy groups -OCH3 is 1. The number of nitro groups is 1. The molecule has 0 amide bonds. The first-order valence-corrected chi connectivity index (χ1v) is 9.13. The molecule has 0 aromatic heterocycles. The van der Waals surface area contributed by atoms with E-state index in [9.17, 15) is 14.9 Å². The Balaban J connectivity index is 1.72. The third kappa shape index (κ3) is 5.57. The van der Waals surface area contributed by atoms with E-state index in [2.05, 4.69) is 10.5 Å². The molecule has 0 radical (unpaired) electrons. The number of anilines is 1. The van der Waals surface area contributed by atoms with Gasteiger partial charge in [0.25, 0.3) is 5.69 Å². The average molecular weight is 421 g/mol. The summed E-state index contributed by atoms with van der Waals surface area (Å²) < 4.78 is 11.3. The van der Waals surface area contributed by atoms with Crippen LogP contribution in [-0.4, -0.2) is 29.3 Å². The molecule has 3 aromatic carbocycles. The number of hydrogen-bond donors (Lipinski definition) is 2. The predicted octanol–water partition coefficient (Wildman–Crippen LogP) is 4.33. The average Bonchev–Trinajstić information content (AvgIpc) is 2.78. The lowest BCUT2D eigenvalue weighted by molar-refractivity contribution is -0.384. The van der Waals surface area contributed by atoms with Crippen LogP contribution in [0.15, 0.2) is 71.8 Å². The summed E-state index contributed by atoms with van der Waals surface area (Å²) in [6.07, 6.45) is 1.55. The van der Waals surface area contributed by atoms with Crippen LogP contribution in [-0.2, 0) is 6.61 Å². The number of para-hydroxylation sites is 1. The normalized spacial score (nSPS) is 10.6. The molecule has 9 heteroatoms. The second-order valence-electron chi connectivity index (χ2n) is 6.34. The minimum absolute atomic E-state index is 0.00519. The Morgan fingerprint density at radius 1 is 1.13 bits per heavy atom.